The van der Waals surface area contributed by atoms with Crippen LogP contribution in [0.4, 0.5) is 0 Å². The Balaban J connectivity index is 3.55. The van der Waals surface area contributed by atoms with E-state index in [4.69, 9.17) is 0 Å². The van der Waals surface area contributed by atoms with Crippen LogP contribution < -0.4 is 0 Å². The third kappa shape index (κ3) is 1.92. The van der Waals surface area contributed by atoms with E-state index in [2.05, 4.69) is 0 Å². The van der Waals surface area contributed by atoms with E-state index in [1.807, 2.05) is 0 Å². The first kappa shape index (κ1) is 6.14. The molecular formula is C4H5O3. The van der Waals surface area contributed by atoms with Gasteiger partial charge in [-0.3, -0.25) is 0 Å². The smallest absolute Gasteiger partial charge is 0.302 e. The summed E-state index contributed by atoms with van der Waals surface area (Å²) in [6.45, 7) is 1.27. The summed E-state index contributed by atoms with van der Waals surface area (Å²) in [4.78, 5) is 19.1. The first-order valence-corrected chi connectivity index (χ1v) is 1.84. The fraction of sp³-hybridized carbons (Fsp3) is 0.500. The van der Waals surface area contributed by atoms with Crippen molar-refractivity contribution in [3.8, 4) is 0 Å². The molecular weight excluding hydrogens is 96.0 g/mol. The van der Waals surface area contributed by atoms with Crippen molar-refractivity contribution in [1.82, 2.24) is 0 Å². The summed E-state index contributed by atoms with van der Waals surface area (Å²) < 4.78 is 0. The molecule has 0 fully saturated rings. The Labute approximate surface area is 41.0 Å². The Morgan fingerprint density at radius 2 is 2.14 bits per heavy atom. The second-order valence-electron chi connectivity index (χ2n) is 1.24. The van der Waals surface area contributed by atoms with Crippen molar-refractivity contribution in [2.45, 2.75) is 6.92 Å². The van der Waals surface area contributed by atoms with Crippen LogP contribution in [0.25, 0.3) is 0 Å². The maximum absolute atomic E-state index is 9.59. The van der Waals surface area contributed by atoms with Gasteiger partial charge in [-0.25, -0.2) is 9.90 Å². The first-order chi connectivity index (χ1) is 3.18. The van der Waals surface area contributed by atoms with E-state index in [-0.39, 0.29) is 0 Å². The molecule has 0 aliphatic carbocycles. The lowest BCUT2D eigenvalue weighted by Crippen LogP contribution is -2.07. The van der Waals surface area contributed by atoms with Crippen LogP contribution in [0.15, 0.2) is 0 Å². The standard InChI is InChI=1S/C4H5O3/c1-3(2-5)4(6)7/h2-3H,1H3. The fourth-order valence-corrected chi connectivity index (χ4v) is 0.0556. The van der Waals surface area contributed by atoms with E-state index >= 15 is 0 Å². The summed E-state index contributed by atoms with van der Waals surface area (Å²) in [6, 6.07) is 0. The lowest BCUT2D eigenvalue weighted by molar-refractivity contribution is -0.148. The molecule has 0 aliphatic heterocycles. The van der Waals surface area contributed by atoms with E-state index in [1.165, 1.54) is 6.92 Å². The number of rotatable bonds is 2. The molecule has 0 aromatic rings. The predicted octanol–water partition coefficient (Wildman–Crippen LogP) is -0.222. The maximum Gasteiger partial charge on any atom is 0.365 e. The third-order valence-electron chi connectivity index (χ3n) is 0.576. The molecule has 7 heavy (non-hydrogen) atoms. The van der Waals surface area contributed by atoms with Crippen LogP contribution in [0.3, 0.4) is 0 Å². The lowest BCUT2D eigenvalue weighted by Gasteiger charge is -1.84. The molecule has 0 aromatic heterocycles. The SMILES string of the molecule is CC(C=O)C([O])=O. The van der Waals surface area contributed by atoms with Crippen LogP contribution in [0.5, 0.6) is 0 Å². The minimum Gasteiger partial charge on any atom is -0.302 e. The minimum atomic E-state index is -1.32. The van der Waals surface area contributed by atoms with Crippen LogP contribution in [0, 0.1) is 5.92 Å². The summed E-state index contributed by atoms with van der Waals surface area (Å²) in [5.74, 6) is -2.30. The maximum atomic E-state index is 9.59. The number of carbonyl (C=O) groups is 2. The molecule has 0 bridgehead atoms. The van der Waals surface area contributed by atoms with Crippen molar-refractivity contribution >= 4 is 12.3 Å². The van der Waals surface area contributed by atoms with Crippen LogP contribution in [0.1, 0.15) is 6.92 Å². The largest absolute Gasteiger partial charge is 0.365 e. The van der Waals surface area contributed by atoms with Crippen LogP contribution in [-0.2, 0) is 14.7 Å². The summed E-state index contributed by atoms with van der Waals surface area (Å²) in [7, 11) is 0. The molecule has 0 rings (SSSR count). The molecule has 0 N–H and O–H groups in total. The van der Waals surface area contributed by atoms with E-state index < -0.39 is 11.9 Å². The number of hydrogen-bond acceptors (Lipinski definition) is 2. The van der Waals surface area contributed by atoms with Gasteiger partial charge in [-0.15, -0.1) is 0 Å². The van der Waals surface area contributed by atoms with Crippen LogP contribution >= 0.6 is 0 Å². The van der Waals surface area contributed by atoms with Gasteiger partial charge in [-0.1, -0.05) is 0 Å². The molecule has 0 heterocycles. The zero-order valence-corrected chi connectivity index (χ0v) is 3.88. The molecule has 0 aliphatic rings. The Bertz CT molecular complexity index is 86.9. The third-order valence-corrected chi connectivity index (χ3v) is 0.576. The fourth-order valence-electron chi connectivity index (χ4n) is 0.0556. The summed E-state index contributed by atoms with van der Waals surface area (Å²) >= 11 is 0. The van der Waals surface area contributed by atoms with Gasteiger partial charge >= 0.3 is 5.97 Å². The molecule has 3 heteroatoms. The van der Waals surface area contributed by atoms with Gasteiger partial charge in [0, 0.05) is 0 Å². The Kier molecular flexibility index (Phi) is 2.05. The van der Waals surface area contributed by atoms with Gasteiger partial charge in [0.2, 0.25) is 0 Å². The molecule has 0 saturated carbocycles. The highest BCUT2D eigenvalue weighted by molar-refractivity contribution is 5.85. The second-order valence-corrected chi connectivity index (χ2v) is 1.24. The van der Waals surface area contributed by atoms with Gasteiger partial charge in [-0.2, -0.15) is 0 Å². The molecule has 0 spiro atoms. The monoisotopic (exact) mass is 101 g/mol. The highest BCUT2D eigenvalue weighted by atomic mass is 16.4. The predicted molar refractivity (Wildman–Crippen MR) is 20.9 cm³/mol. The Morgan fingerprint density at radius 3 is 2.14 bits per heavy atom. The molecule has 0 amide bonds. The number of hydrogen-bond donors (Lipinski definition) is 0. The summed E-state index contributed by atoms with van der Waals surface area (Å²) in [5.41, 5.74) is 0. The summed E-state index contributed by atoms with van der Waals surface area (Å²) in [5, 5.41) is 9.59. The average molecular weight is 101 g/mol. The van der Waals surface area contributed by atoms with Gasteiger partial charge in [0.05, 0.1) is 0 Å². The Morgan fingerprint density at radius 1 is 1.71 bits per heavy atom. The summed E-state index contributed by atoms with van der Waals surface area (Å²) in [6.07, 6.45) is 0.329. The quantitative estimate of drug-likeness (QED) is 0.356. The lowest BCUT2D eigenvalue weighted by atomic mass is 10.2. The van der Waals surface area contributed by atoms with E-state index in [1.54, 1.807) is 0 Å². The highest BCUT2D eigenvalue weighted by Crippen LogP contribution is 1.85. The average Bonchev–Trinajstić information content (AvgIpc) is 1.65. The van der Waals surface area contributed by atoms with Gasteiger partial charge in [0.25, 0.3) is 0 Å². The van der Waals surface area contributed by atoms with Crippen molar-refractivity contribution < 1.29 is 14.7 Å². The van der Waals surface area contributed by atoms with Gasteiger partial charge < -0.3 is 4.79 Å². The Hall–Kier alpha value is -0.860. The molecule has 39 valence electrons. The number of aldehydes is 1. The van der Waals surface area contributed by atoms with E-state index in [9.17, 15) is 14.7 Å². The highest BCUT2D eigenvalue weighted by Gasteiger charge is 2.09. The van der Waals surface area contributed by atoms with Crippen molar-refractivity contribution in [2.24, 2.45) is 5.92 Å². The van der Waals surface area contributed by atoms with Crippen molar-refractivity contribution in [3.05, 3.63) is 0 Å². The van der Waals surface area contributed by atoms with Gasteiger partial charge in [-0.05, 0) is 6.92 Å². The molecule has 1 unspecified atom stereocenters. The van der Waals surface area contributed by atoms with E-state index in [0.717, 1.165) is 0 Å². The molecule has 1 atom stereocenters. The molecule has 1 radical (unpaired) electrons. The molecule has 3 nitrogen and oxygen atoms in total. The van der Waals surface area contributed by atoms with Crippen LogP contribution in [-0.4, -0.2) is 12.3 Å². The number of carbonyl (C=O) groups excluding carboxylic acids is 2. The molecule has 0 saturated heterocycles. The molecule has 0 aromatic carbocycles. The topological polar surface area (TPSA) is 54.0 Å². The van der Waals surface area contributed by atoms with Crippen molar-refractivity contribution in [2.75, 3.05) is 0 Å². The van der Waals surface area contributed by atoms with Crippen molar-refractivity contribution in [1.29, 1.82) is 0 Å². The normalized spacial score (nSPS) is 12.7. The van der Waals surface area contributed by atoms with Gasteiger partial charge in [0.15, 0.2) is 0 Å². The zero-order valence-electron chi connectivity index (χ0n) is 3.88. The van der Waals surface area contributed by atoms with Gasteiger partial charge in [0.1, 0.15) is 12.2 Å². The van der Waals surface area contributed by atoms with E-state index in [0.29, 0.717) is 6.29 Å². The first-order valence-electron chi connectivity index (χ1n) is 1.84. The zero-order chi connectivity index (χ0) is 5.86. The van der Waals surface area contributed by atoms with Crippen molar-refractivity contribution in [3.63, 3.8) is 0 Å². The van der Waals surface area contributed by atoms with Crippen LogP contribution in [0.2, 0.25) is 0 Å². The minimum absolute atomic E-state index is 0.329. The second kappa shape index (κ2) is 2.34.